The van der Waals surface area contributed by atoms with Gasteiger partial charge >= 0.3 is 10.2 Å². The molecule has 25 heavy (non-hydrogen) atoms. The van der Waals surface area contributed by atoms with Crippen molar-refractivity contribution in [1.82, 2.24) is 0 Å². The number of nitrogens with two attached hydrogens (primary N) is 1. The first-order valence-electron chi connectivity index (χ1n) is 7.26. The van der Waals surface area contributed by atoms with E-state index >= 15 is 0 Å². The maximum atomic E-state index is 13.3. The highest BCUT2D eigenvalue weighted by Gasteiger charge is 2.37. The number of anilines is 1. The van der Waals surface area contributed by atoms with Gasteiger partial charge in [0.1, 0.15) is 0 Å². The summed E-state index contributed by atoms with van der Waals surface area (Å²) in [5.41, 5.74) is 6.77. The molecule has 0 bridgehead atoms. The predicted molar refractivity (Wildman–Crippen MR) is 94.8 cm³/mol. The number of rotatable bonds is 5. The van der Waals surface area contributed by atoms with E-state index in [9.17, 15) is 20.7 Å². The Bertz CT molecular complexity index is 968. The minimum atomic E-state index is -5.02. The van der Waals surface area contributed by atoms with Crippen LogP contribution in [-0.2, 0) is 25.1 Å². The number of sulfonamides is 1. The van der Waals surface area contributed by atoms with E-state index < -0.39 is 25.1 Å². The summed E-state index contributed by atoms with van der Waals surface area (Å²) in [5, 5.41) is 0. The van der Waals surface area contributed by atoms with E-state index in [1.807, 2.05) is 6.92 Å². The minimum Gasteiger partial charge on any atom is -0.307 e. The zero-order valence-electron chi connectivity index (χ0n) is 14.0. The molecule has 0 aromatic heterocycles. The van der Waals surface area contributed by atoms with Crippen molar-refractivity contribution < 1.29 is 20.7 Å². The molecule has 0 spiro atoms. The molecule has 0 saturated heterocycles. The van der Waals surface area contributed by atoms with Crippen molar-refractivity contribution in [2.75, 3.05) is 11.4 Å². The largest absolute Gasteiger partial charge is 0.325 e. The van der Waals surface area contributed by atoms with Gasteiger partial charge in [-0.1, -0.05) is 29.8 Å². The van der Waals surface area contributed by atoms with Crippen LogP contribution < -0.4 is 10.0 Å². The molecular formula is C16H19FN2O4S2. The van der Waals surface area contributed by atoms with E-state index in [1.165, 1.54) is 43.4 Å². The molecule has 6 nitrogen and oxygen atoms in total. The van der Waals surface area contributed by atoms with Crippen LogP contribution in [0.1, 0.15) is 18.1 Å². The van der Waals surface area contributed by atoms with Crippen molar-refractivity contribution in [1.29, 1.82) is 0 Å². The molecule has 2 rings (SSSR count). The molecular weight excluding hydrogens is 367 g/mol. The van der Waals surface area contributed by atoms with E-state index in [1.54, 1.807) is 12.1 Å². The van der Waals surface area contributed by atoms with Crippen LogP contribution in [0.3, 0.4) is 0 Å². The van der Waals surface area contributed by atoms with Crippen LogP contribution >= 0.6 is 0 Å². The topological polar surface area (TPSA) is 97.5 Å². The Kier molecular flexibility index (Phi) is 4.95. The zero-order chi connectivity index (χ0) is 19.0. The molecule has 136 valence electrons. The maximum Gasteiger partial charge on any atom is 0.325 e. The fraction of sp³-hybridized carbons (Fsp3) is 0.250. The van der Waals surface area contributed by atoms with Gasteiger partial charge in [0.15, 0.2) is 4.87 Å². The van der Waals surface area contributed by atoms with Crippen LogP contribution in [0.5, 0.6) is 0 Å². The van der Waals surface area contributed by atoms with Gasteiger partial charge in [-0.15, -0.1) is 3.89 Å². The van der Waals surface area contributed by atoms with Crippen molar-refractivity contribution in [3.05, 3.63) is 59.7 Å². The van der Waals surface area contributed by atoms with Gasteiger partial charge in [0.2, 0.25) is 0 Å². The Balaban J connectivity index is 2.38. The summed E-state index contributed by atoms with van der Waals surface area (Å²) >= 11 is 0. The summed E-state index contributed by atoms with van der Waals surface area (Å²) < 4.78 is 61.9. The third-order valence-corrected chi connectivity index (χ3v) is 7.04. The van der Waals surface area contributed by atoms with Gasteiger partial charge in [-0.05, 0) is 43.7 Å². The summed E-state index contributed by atoms with van der Waals surface area (Å²) in [6.07, 6.45) is 0. The number of hydrogen-bond acceptors (Lipinski definition) is 5. The molecule has 0 aliphatic carbocycles. The van der Waals surface area contributed by atoms with Gasteiger partial charge in [0.05, 0.1) is 10.6 Å². The quantitative estimate of drug-likeness (QED) is 0.795. The molecule has 0 fully saturated rings. The molecule has 0 aliphatic heterocycles. The first-order valence-corrected chi connectivity index (χ1v) is 10.1. The fourth-order valence-corrected chi connectivity index (χ4v) is 3.76. The summed E-state index contributed by atoms with van der Waals surface area (Å²) in [7, 11) is -7.42. The van der Waals surface area contributed by atoms with Crippen LogP contribution in [0.2, 0.25) is 0 Å². The maximum absolute atomic E-state index is 13.3. The molecule has 2 N–H and O–H groups in total. The van der Waals surface area contributed by atoms with Crippen molar-refractivity contribution in [3.8, 4) is 0 Å². The molecule has 2 aromatic rings. The average molecular weight is 386 g/mol. The Morgan fingerprint density at radius 2 is 1.44 bits per heavy atom. The summed E-state index contributed by atoms with van der Waals surface area (Å²) in [5.74, 6) is 0. The van der Waals surface area contributed by atoms with Crippen molar-refractivity contribution in [2.45, 2.75) is 23.6 Å². The van der Waals surface area contributed by atoms with Crippen LogP contribution in [-0.4, -0.2) is 23.9 Å². The third kappa shape index (κ3) is 3.68. The molecule has 1 unspecified atom stereocenters. The van der Waals surface area contributed by atoms with Gasteiger partial charge in [-0.3, -0.25) is 4.31 Å². The molecule has 0 heterocycles. The Morgan fingerprint density at radius 1 is 0.960 bits per heavy atom. The highest BCUT2D eigenvalue weighted by Crippen LogP contribution is 2.29. The smallest absolute Gasteiger partial charge is 0.307 e. The van der Waals surface area contributed by atoms with E-state index in [2.05, 4.69) is 0 Å². The molecule has 2 aromatic carbocycles. The van der Waals surface area contributed by atoms with Crippen LogP contribution in [0.25, 0.3) is 0 Å². The van der Waals surface area contributed by atoms with Crippen LogP contribution in [0, 0.1) is 6.92 Å². The van der Waals surface area contributed by atoms with Crippen molar-refractivity contribution >= 4 is 25.9 Å². The molecule has 0 saturated carbocycles. The van der Waals surface area contributed by atoms with Crippen molar-refractivity contribution in [3.63, 3.8) is 0 Å². The average Bonchev–Trinajstić information content (AvgIpc) is 2.53. The summed E-state index contributed by atoms with van der Waals surface area (Å²) in [6.45, 7) is 2.88. The normalized spacial score (nSPS) is 14.8. The monoisotopic (exact) mass is 386 g/mol. The lowest BCUT2D eigenvalue weighted by Crippen LogP contribution is -2.39. The van der Waals surface area contributed by atoms with Gasteiger partial charge < -0.3 is 5.73 Å². The van der Waals surface area contributed by atoms with Crippen LogP contribution in [0.4, 0.5) is 9.57 Å². The number of nitrogens with zero attached hydrogens (tertiary/aromatic N) is 1. The minimum absolute atomic E-state index is 0.0138. The first kappa shape index (κ1) is 19.4. The zero-order valence-corrected chi connectivity index (χ0v) is 15.6. The highest BCUT2D eigenvalue weighted by molar-refractivity contribution is 7.92. The van der Waals surface area contributed by atoms with E-state index in [-0.39, 0.29) is 16.1 Å². The SMILES string of the molecule is Cc1ccc(S(=O)(=O)N(C)c2ccc(C(C)(N)S(=O)(=O)F)cc2)cc1. The van der Waals surface area contributed by atoms with Gasteiger partial charge in [0, 0.05) is 7.05 Å². The van der Waals surface area contributed by atoms with E-state index in [0.29, 0.717) is 0 Å². The molecule has 0 aliphatic rings. The Morgan fingerprint density at radius 3 is 1.88 bits per heavy atom. The van der Waals surface area contributed by atoms with E-state index in [0.717, 1.165) is 16.8 Å². The fourth-order valence-electron chi connectivity index (χ4n) is 2.15. The summed E-state index contributed by atoms with van der Waals surface area (Å²) in [6, 6.07) is 11.7. The number of halogens is 1. The van der Waals surface area contributed by atoms with Gasteiger partial charge in [0.25, 0.3) is 10.0 Å². The van der Waals surface area contributed by atoms with Crippen molar-refractivity contribution in [2.24, 2.45) is 5.73 Å². The lowest BCUT2D eigenvalue weighted by molar-refractivity contribution is 0.500. The number of aryl methyl sites for hydroxylation is 1. The lowest BCUT2D eigenvalue weighted by atomic mass is 10.1. The number of hydrogen-bond donors (Lipinski definition) is 1. The second-order valence-corrected chi connectivity index (χ2v) is 9.57. The predicted octanol–water partition coefficient (Wildman–Crippen LogP) is 2.25. The summed E-state index contributed by atoms with van der Waals surface area (Å²) in [4.78, 5) is -2.08. The molecule has 0 amide bonds. The van der Waals surface area contributed by atoms with Gasteiger partial charge in [-0.2, -0.15) is 8.42 Å². The Hall–Kier alpha value is -1.97. The highest BCUT2D eigenvalue weighted by atomic mass is 32.3. The first-order chi connectivity index (χ1) is 11.4. The second kappa shape index (κ2) is 6.40. The Labute approximate surface area is 147 Å². The van der Waals surface area contributed by atoms with Gasteiger partial charge in [-0.25, -0.2) is 8.42 Å². The number of benzene rings is 2. The second-order valence-electron chi connectivity index (χ2n) is 5.88. The standard InChI is InChI=1S/C16H19FN2O4S2/c1-12-4-10-15(11-5-12)24(20,21)19(3)14-8-6-13(7-9-14)16(2,18)25(17,22)23/h4-11H,18H2,1-3H3. The lowest BCUT2D eigenvalue weighted by Gasteiger charge is -2.23. The molecule has 0 radical (unpaired) electrons. The third-order valence-electron chi connectivity index (χ3n) is 3.99. The van der Waals surface area contributed by atoms with E-state index in [4.69, 9.17) is 5.73 Å². The molecule has 1 atom stereocenters. The molecule has 9 heteroatoms. The van der Waals surface area contributed by atoms with Crippen LogP contribution in [0.15, 0.2) is 53.4 Å².